The molecule has 0 saturated carbocycles. The Bertz CT molecular complexity index is 309. The molecule has 0 spiro atoms. The number of carboxylic acid groups (broad SMARTS) is 4. The van der Waals surface area contributed by atoms with Crippen molar-refractivity contribution in [3.63, 3.8) is 0 Å². The second kappa shape index (κ2) is 30.1. The summed E-state index contributed by atoms with van der Waals surface area (Å²) >= 11 is 0. The van der Waals surface area contributed by atoms with E-state index in [0.717, 1.165) is 0 Å². The Morgan fingerprint density at radius 3 is 1.12 bits per heavy atom. The predicted octanol–water partition coefficient (Wildman–Crippen LogP) is -8.32. The van der Waals surface area contributed by atoms with Gasteiger partial charge in [-0.1, -0.05) is 13.2 Å². The van der Waals surface area contributed by atoms with Gasteiger partial charge in [0.05, 0.1) is 25.4 Å². The molecule has 0 radical (unpaired) electrons. The Hall–Kier alpha value is -0.880. The van der Waals surface area contributed by atoms with Crippen LogP contribution < -0.4 is 69.3 Å². The molecule has 0 aliphatic heterocycles. The summed E-state index contributed by atoms with van der Waals surface area (Å²) in [5, 5.41) is 34.8. The fraction of sp³-hybridized carbons (Fsp3) is 0.333. The molecule has 0 saturated heterocycles. The second-order valence-electron chi connectivity index (χ2n) is 3.00. The molecule has 24 heavy (non-hydrogen) atoms. The van der Waals surface area contributed by atoms with E-state index in [1.54, 1.807) is 0 Å². The third-order valence-electron chi connectivity index (χ3n) is 1.28. The number of carbonyl (C=O) groups excluding carboxylic acids is 2. The fourth-order valence-corrected chi connectivity index (χ4v) is 0.486. The summed E-state index contributed by atoms with van der Waals surface area (Å²) in [6, 6.07) is 0. The van der Waals surface area contributed by atoms with Gasteiger partial charge in [0.15, 0.2) is 0 Å². The van der Waals surface area contributed by atoms with Gasteiger partial charge >= 0.3 is 71.1 Å². The van der Waals surface area contributed by atoms with Gasteiger partial charge in [-0.2, -0.15) is 0 Å². The molecular formula is C12H18Na2O10. The van der Waals surface area contributed by atoms with Gasteiger partial charge in [0.25, 0.3) is 0 Å². The number of hydrogen-bond acceptors (Lipinski definition) is 7. The summed E-state index contributed by atoms with van der Waals surface area (Å²) < 4.78 is 4.36. The van der Waals surface area contributed by atoms with Crippen molar-refractivity contribution in [1.29, 1.82) is 0 Å². The molecule has 128 valence electrons. The van der Waals surface area contributed by atoms with E-state index in [0.29, 0.717) is 0 Å². The van der Waals surface area contributed by atoms with E-state index in [1.165, 1.54) is 12.5 Å². The van der Waals surface area contributed by atoms with Gasteiger partial charge in [0.2, 0.25) is 0 Å². The van der Waals surface area contributed by atoms with Crippen LogP contribution in [0.25, 0.3) is 0 Å². The normalized spacial score (nSPS) is 6.83. The molecule has 12 heteroatoms. The van der Waals surface area contributed by atoms with Crippen molar-refractivity contribution in [1.82, 2.24) is 0 Å². The van der Waals surface area contributed by atoms with Gasteiger partial charge in [0.1, 0.15) is 0 Å². The molecule has 0 aromatic rings. The van der Waals surface area contributed by atoms with Crippen molar-refractivity contribution in [2.75, 3.05) is 0 Å². The van der Waals surface area contributed by atoms with Gasteiger partial charge in [-0.3, -0.25) is 9.59 Å². The minimum atomic E-state index is -1.37. The number of rotatable bonds is 8. The van der Waals surface area contributed by atoms with Gasteiger partial charge in [0, 0.05) is 11.9 Å². The smallest absolute Gasteiger partial charge is 0.550 e. The quantitative estimate of drug-likeness (QED) is 0.309. The maximum atomic E-state index is 9.64. The van der Waals surface area contributed by atoms with Crippen molar-refractivity contribution >= 4 is 23.9 Å². The topological polar surface area (TPSA) is 196 Å². The van der Waals surface area contributed by atoms with E-state index in [1.807, 2.05) is 0 Å². The van der Waals surface area contributed by atoms with Crippen LogP contribution in [0, 0.1) is 0 Å². The minimum Gasteiger partial charge on any atom is -0.550 e. The van der Waals surface area contributed by atoms with Gasteiger partial charge in [-0.05, 0) is 12.8 Å². The van der Waals surface area contributed by atoms with Gasteiger partial charge < -0.3 is 40.2 Å². The standard InChI is InChI=1S/2C4H6O4.C4H6O.2Na.H2O/c2*5-3(6)1-2-4(7)8;1-3-5-4-2;;;/h2*1-2H2,(H,5,6)(H,7,8);3-4H,1-2H2;;;1H2/q;;;2*+1;/p-2. The zero-order valence-corrected chi connectivity index (χ0v) is 17.6. The number of carbonyl (C=O) groups is 4. The van der Waals surface area contributed by atoms with Crippen molar-refractivity contribution < 1.29 is 109 Å². The van der Waals surface area contributed by atoms with E-state index in [9.17, 15) is 29.4 Å². The summed E-state index contributed by atoms with van der Waals surface area (Å²) in [5.74, 6) is -4.89. The van der Waals surface area contributed by atoms with Crippen LogP contribution in [-0.4, -0.2) is 39.6 Å². The largest absolute Gasteiger partial charge is 1.00 e. The van der Waals surface area contributed by atoms with Gasteiger partial charge in [-0.25, -0.2) is 0 Å². The molecule has 0 rings (SSSR count). The SMILES string of the molecule is C=COC=C.O.O=C(O)CCC(=O)O.O=C([O-])CCC(=O)[O-].[Na+].[Na+]. The number of aliphatic carboxylic acids is 4. The third-order valence-corrected chi connectivity index (χ3v) is 1.28. The first-order valence-corrected chi connectivity index (χ1v) is 5.37. The van der Waals surface area contributed by atoms with Crippen LogP contribution in [0.5, 0.6) is 0 Å². The molecule has 0 aliphatic carbocycles. The van der Waals surface area contributed by atoms with Crippen LogP contribution in [0.15, 0.2) is 25.7 Å². The average Bonchev–Trinajstić information content (AvgIpc) is 2.36. The summed E-state index contributed by atoms with van der Waals surface area (Å²) in [6.45, 7) is 6.51. The average molecular weight is 368 g/mol. The molecule has 0 aromatic carbocycles. The van der Waals surface area contributed by atoms with Crippen molar-refractivity contribution in [2.24, 2.45) is 0 Å². The summed E-state index contributed by atoms with van der Waals surface area (Å²) in [5.41, 5.74) is 0. The maximum Gasteiger partial charge on any atom is 1.00 e. The molecule has 0 bridgehead atoms. The molecule has 10 nitrogen and oxygen atoms in total. The number of ether oxygens (including phenoxy) is 1. The van der Waals surface area contributed by atoms with E-state index in [2.05, 4.69) is 17.9 Å². The summed E-state index contributed by atoms with van der Waals surface area (Å²) in [7, 11) is 0. The van der Waals surface area contributed by atoms with E-state index in [-0.39, 0.29) is 77.4 Å². The number of hydrogen-bond donors (Lipinski definition) is 2. The molecule has 0 aliphatic rings. The summed E-state index contributed by atoms with van der Waals surface area (Å²) in [6.07, 6.45) is 1.09. The number of carboxylic acids is 4. The molecule has 0 amide bonds. The second-order valence-corrected chi connectivity index (χ2v) is 3.00. The first-order chi connectivity index (χ1) is 9.67. The van der Waals surface area contributed by atoms with Crippen LogP contribution in [0.4, 0.5) is 0 Å². The summed E-state index contributed by atoms with van der Waals surface area (Å²) in [4.78, 5) is 38.3. The monoisotopic (exact) mass is 368 g/mol. The Morgan fingerprint density at radius 2 is 1.04 bits per heavy atom. The van der Waals surface area contributed by atoms with Crippen LogP contribution in [0.1, 0.15) is 25.7 Å². The van der Waals surface area contributed by atoms with E-state index < -0.39 is 36.7 Å². The maximum absolute atomic E-state index is 9.64. The van der Waals surface area contributed by atoms with Crippen LogP contribution in [-0.2, 0) is 23.9 Å². The Balaban J connectivity index is -0.0000000488. The fourth-order valence-electron chi connectivity index (χ4n) is 0.486. The first kappa shape index (κ1) is 38.6. The Labute approximate surface area is 183 Å². The minimum absolute atomic E-state index is 0. The molecule has 0 aromatic heterocycles. The predicted molar refractivity (Wildman–Crippen MR) is 68.8 cm³/mol. The molecular weight excluding hydrogens is 350 g/mol. The molecule has 0 fully saturated rings. The Kier molecular flexibility index (Phi) is 48.3. The van der Waals surface area contributed by atoms with Crippen LogP contribution in [0.3, 0.4) is 0 Å². The van der Waals surface area contributed by atoms with Crippen LogP contribution >= 0.6 is 0 Å². The third kappa shape index (κ3) is 69.1. The van der Waals surface area contributed by atoms with Crippen molar-refractivity contribution in [3.05, 3.63) is 25.7 Å². The van der Waals surface area contributed by atoms with E-state index in [4.69, 9.17) is 10.2 Å². The van der Waals surface area contributed by atoms with Gasteiger partial charge in [-0.15, -0.1) is 0 Å². The van der Waals surface area contributed by atoms with E-state index >= 15 is 0 Å². The molecule has 4 N–H and O–H groups in total. The zero-order chi connectivity index (χ0) is 17.3. The van der Waals surface area contributed by atoms with Crippen molar-refractivity contribution in [3.8, 4) is 0 Å². The zero-order valence-electron chi connectivity index (χ0n) is 13.6. The molecule has 0 unspecified atom stereocenters. The van der Waals surface area contributed by atoms with Crippen LogP contribution in [0.2, 0.25) is 0 Å². The molecule has 0 heterocycles. The van der Waals surface area contributed by atoms with Crippen molar-refractivity contribution in [2.45, 2.75) is 25.7 Å². The first-order valence-electron chi connectivity index (χ1n) is 5.37. The Morgan fingerprint density at radius 1 is 0.792 bits per heavy atom. The molecule has 0 atom stereocenters.